The molecule has 1 unspecified atom stereocenters. The van der Waals surface area contributed by atoms with Gasteiger partial charge in [0, 0.05) is 37.3 Å². The van der Waals surface area contributed by atoms with Crippen LogP contribution in [0.4, 0.5) is 0 Å². The molecule has 1 saturated heterocycles. The third-order valence-electron chi connectivity index (χ3n) is 5.65. The number of amides is 1. The number of pyridine rings is 1. The van der Waals surface area contributed by atoms with E-state index >= 15 is 0 Å². The molecule has 0 spiro atoms. The van der Waals surface area contributed by atoms with Gasteiger partial charge in [-0.15, -0.1) is 0 Å². The molecular formula is C21H28AlN3O4. The highest BCUT2D eigenvalue weighted by Crippen LogP contribution is 2.31. The first kappa shape index (κ1) is 22.0. The molecule has 0 bridgehead atoms. The van der Waals surface area contributed by atoms with Crippen LogP contribution in [-0.4, -0.2) is 77.9 Å². The Hall–Kier alpha value is -1.69. The number of hydrogen-bond donors (Lipinski definition) is 0. The van der Waals surface area contributed by atoms with E-state index < -0.39 is 0 Å². The SMILES string of the molecule is CCc1cc(C(CN(C=O)C2CCN([O][Al])CC2)OC)c2cc(OC)ccc2n1. The summed E-state index contributed by atoms with van der Waals surface area (Å²) in [6.07, 6.45) is 3.26. The second kappa shape index (κ2) is 10.4. The molecule has 8 heteroatoms. The topological polar surface area (TPSA) is 64.1 Å². The molecule has 29 heavy (non-hydrogen) atoms. The zero-order valence-electron chi connectivity index (χ0n) is 17.3. The van der Waals surface area contributed by atoms with E-state index in [0.29, 0.717) is 6.54 Å². The number of hydroxylamine groups is 2. The van der Waals surface area contributed by atoms with Crippen molar-refractivity contribution >= 4 is 33.9 Å². The van der Waals surface area contributed by atoms with E-state index in [0.717, 1.165) is 66.7 Å². The predicted molar refractivity (Wildman–Crippen MR) is 112 cm³/mol. The van der Waals surface area contributed by atoms with Crippen LogP contribution in [0.5, 0.6) is 5.75 Å². The minimum Gasteiger partial charge on any atom is -0.497 e. The van der Waals surface area contributed by atoms with Crippen LogP contribution < -0.4 is 4.74 Å². The van der Waals surface area contributed by atoms with Gasteiger partial charge in [0.05, 0.1) is 19.2 Å². The summed E-state index contributed by atoms with van der Waals surface area (Å²) in [5.41, 5.74) is 2.94. The molecule has 0 N–H and O–H groups in total. The summed E-state index contributed by atoms with van der Waals surface area (Å²) in [6.45, 7) is 4.17. The van der Waals surface area contributed by atoms with Crippen LogP contribution in [0.15, 0.2) is 24.3 Å². The number of piperidine rings is 1. The Bertz CT molecular complexity index is 827. The molecule has 1 fully saturated rings. The number of rotatable bonds is 9. The van der Waals surface area contributed by atoms with Crippen molar-refractivity contribution in [2.24, 2.45) is 0 Å². The Labute approximate surface area is 180 Å². The zero-order chi connectivity index (χ0) is 20.8. The molecule has 3 rings (SSSR count). The van der Waals surface area contributed by atoms with E-state index in [9.17, 15) is 4.79 Å². The van der Waals surface area contributed by atoms with Crippen molar-refractivity contribution in [3.63, 3.8) is 0 Å². The predicted octanol–water partition coefficient (Wildman–Crippen LogP) is 2.43. The third-order valence-corrected chi connectivity index (χ3v) is 5.95. The summed E-state index contributed by atoms with van der Waals surface area (Å²) >= 11 is 2.28. The van der Waals surface area contributed by atoms with Gasteiger partial charge in [-0.05, 0) is 49.1 Å². The van der Waals surface area contributed by atoms with Gasteiger partial charge in [0.2, 0.25) is 6.41 Å². The maximum atomic E-state index is 11.9. The molecule has 1 amide bonds. The van der Waals surface area contributed by atoms with Crippen LogP contribution in [-0.2, 0) is 19.8 Å². The lowest BCUT2D eigenvalue weighted by molar-refractivity contribution is -0.127. The number of carbonyl (C=O) groups is 1. The minimum absolute atomic E-state index is 0.176. The second-order valence-electron chi connectivity index (χ2n) is 7.23. The molecule has 2 heterocycles. The maximum absolute atomic E-state index is 11.9. The molecule has 1 aliphatic rings. The first-order valence-electron chi connectivity index (χ1n) is 9.96. The van der Waals surface area contributed by atoms with Crippen LogP contribution in [0.2, 0.25) is 0 Å². The van der Waals surface area contributed by atoms with Crippen molar-refractivity contribution in [1.29, 1.82) is 0 Å². The van der Waals surface area contributed by atoms with E-state index in [-0.39, 0.29) is 12.1 Å². The van der Waals surface area contributed by atoms with Gasteiger partial charge < -0.3 is 18.3 Å². The first-order chi connectivity index (χ1) is 14.1. The average molecular weight is 413 g/mol. The van der Waals surface area contributed by atoms with Crippen molar-refractivity contribution in [3.8, 4) is 5.75 Å². The molecule has 1 aliphatic heterocycles. The highest BCUT2D eigenvalue weighted by atomic mass is 27.1. The number of fused-ring (bicyclic) bond motifs is 1. The Morgan fingerprint density at radius 2 is 2.07 bits per heavy atom. The van der Waals surface area contributed by atoms with Gasteiger partial charge in [-0.3, -0.25) is 9.78 Å². The standard InChI is InChI=1S/C21H28N3O4.Al/c1-4-15-11-19(18-12-17(27-2)5-6-20(18)22-15)21(28-3)13-23(14-25)16-7-9-24(26)10-8-16;/h5-6,11-12,14,16,21H,4,7-10,13H2,1-3H3;/q-1;+1. The molecule has 0 saturated carbocycles. The van der Waals surface area contributed by atoms with Crippen LogP contribution in [0.3, 0.4) is 0 Å². The van der Waals surface area contributed by atoms with Crippen molar-refractivity contribution < 1.29 is 18.2 Å². The van der Waals surface area contributed by atoms with Crippen LogP contribution in [0.25, 0.3) is 10.9 Å². The van der Waals surface area contributed by atoms with Gasteiger partial charge in [0.15, 0.2) is 0 Å². The fourth-order valence-electron chi connectivity index (χ4n) is 3.91. The van der Waals surface area contributed by atoms with E-state index in [1.54, 1.807) is 14.2 Å². The Balaban J connectivity index is 1.90. The second-order valence-corrected chi connectivity index (χ2v) is 7.44. The molecule has 7 nitrogen and oxygen atoms in total. The third kappa shape index (κ3) is 5.08. The number of carbonyl (C=O) groups excluding carboxylic acids is 1. The lowest BCUT2D eigenvalue weighted by atomic mass is 9.99. The number of aryl methyl sites for hydroxylation is 1. The fourth-order valence-corrected chi connectivity index (χ4v) is 4.12. The number of aromatic nitrogens is 1. The summed E-state index contributed by atoms with van der Waals surface area (Å²) in [4.78, 5) is 18.5. The van der Waals surface area contributed by atoms with Crippen molar-refractivity contribution in [2.75, 3.05) is 33.9 Å². The number of benzene rings is 1. The van der Waals surface area contributed by atoms with Gasteiger partial charge in [-0.2, -0.15) is 0 Å². The summed E-state index contributed by atoms with van der Waals surface area (Å²) in [7, 11) is 3.35. The molecule has 154 valence electrons. The van der Waals surface area contributed by atoms with E-state index in [1.165, 1.54) is 0 Å². The van der Waals surface area contributed by atoms with Crippen LogP contribution in [0.1, 0.15) is 37.1 Å². The van der Waals surface area contributed by atoms with Crippen molar-refractivity contribution in [2.45, 2.75) is 38.3 Å². The smallest absolute Gasteiger partial charge is 0.410 e. The summed E-state index contributed by atoms with van der Waals surface area (Å²) < 4.78 is 16.5. The summed E-state index contributed by atoms with van der Waals surface area (Å²) in [5, 5.41) is 2.89. The Morgan fingerprint density at radius 1 is 1.31 bits per heavy atom. The maximum Gasteiger partial charge on any atom is 0.410 e. The van der Waals surface area contributed by atoms with Crippen molar-refractivity contribution in [1.82, 2.24) is 14.9 Å². The van der Waals surface area contributed by atoms with Crippen LogP contribution >= 0.6 is 0 Å². The molecular weight excluding hydrogens is 385 g/mol. The molecule has 2 radical (unpaired) electrons. The summed E-state index contributed by atoms with van der Waals surface area (Å²) in [5.74, 6) is 0.775. The fraction of sp³-hybridized carbons (Fsp3) is 0.524. The highest BCUT2D eigenvalue weighted by molar-refractivity contribution is 5.97. The molecule has 1 aromatic carbocycles. The number of ether oxygens (including phenoxy) is 2. The van der Waals surface area contributed by atoms with Gasteiger partial charge >= 0.3 is 16.6 Å². The lowest BCUT2D eigenvalue weighted by Crippen LogP contribution is -2.45. The lowest BCUT2D eigenvalue weighted by Gasteiger charge is -2.37. The van der Waals surface area contributed by atoms with Gasteiger partial charge in [-0.1, -0.05) is 6.92 Å². The molecule has 1 aromatic heterocycles. The van der Waals surface area contributed by atoms with E-state index in [4.69, 9.17) is 18.3 Å². The first-order valence-corrected chi connectivity index (χ1v) is 10.4. The van der Waals surface area contributed by atoms with Gasteiger partial charge in [0.25, 0.3) is 0 Å². The minimum atomic E-state index is -0.251. The quantitative estimate of drug-likeness (QED) is 0.465. The summed E-state index contributed by atoms with van der Waals surface area (Å²) in [6, 6.07) is 8.14. The van der Waals surface area contributed by atoms with Crippen LogP contribution in [0, 0.1) is 0 Å². The normalized spacial score (nSPS) is 16.7. The number of hydrogen-bond acceptors (Lipinski definition) is 6. The highest BCUT2D eigenvalue weighted by Gasteiger charge is 2.27. The van der Waals surface area contributed by atoms with E-state index in [1.807, 2.05) is 28.2 Å². The average Bonchev–Trinajstić information content (AvgIpc) is 2.79. The number of nitrogens with zero attached hydrogens (tertiary/aromatic N) is 3. The Morgan fingerprint density at radius 3 is 2.66 bits per heavy atom. The molecule has 0 aliphatic carbocycles. The zero-order valence-corrected chi connectivity index (χ0v) is 18.5. The Kier molecular flexibility index (Phi) is 7.87. The molecule has 1 atom stereocenters. The largest absolute Gasteiger partial charge is 0.497 e. The van der Waals surface area contributed by atoms with Crippen molar-refractivity contribution in [3.05, 3.63) is 35.5 Å². The van der Waals surface area contributed by atoms with Gasteiger partial charge in [-0.25, -0.2) is 5.06 Å². The monoisotopic (exact) mass is 413 g/mol. The van der Waals surface area contributed by atoms with Gasteiger partial charge in [0.1, 0.15) is 11.9 Å². The number of methoxy groups -OCH3 is 2. The molecule has 2 aromatic rings. The van der Waals surface area contributed by atoms with E-state index in [2.05, 4.69) is 29.6 Å².